The number of rotatable bonds is 4. The van der Waals surface area contributed by atoms with Crippen LogP contribution in [0.25, 0.3) is 0 Å². The molecular formula is C23H27F2N3O. The van der Waals surface area contributed by atoms with Crippen molar-refractivity contribution in [1.29, 1.82) is 0 Å². The Kier molecular flexibility index (Phi) is 6.21. The Morgan fingerprint density at radius 3 is 1.90 bits per heavy atom. The van der Waals surface area contributed by atoms with Gasteiger partial charge in [0, 0.05) is 26.2 Å². The highest BCUT2D eigenvalue weighted by molar-refractivity contribution is 5.82. The van der Waals surface area contributed by atoms with Crippen molar-refractivity contribution in [2.75, 3.05) is 32.7 Å². The molecule has 0 radical (unpaired) electrons. The predicted molar refractivity (Wildman–Crippen MR) is 108 cm³/mol. The van der Waals surface area contributed by atoms with Crippen molar-refractivity contribution in [1.82, 2.24) is 15.1 Å². The van der Waals surface area contributed by atoms with Crippen molar-refractivity contribution in [3.8, 4) is 0 Å². The lowest BCUT2D eigenvalue weighted by Gasteiger charge is -2.41. The summed E-state index contributed by atoms with van der Waals surface area (Å²) in [4.78, 5) is 17.0. The van der Waals surface area contributed by atoms with Crippen molar-refractivity contribution in [3.05, 3.63) is 71.3 Å². The van der Waals surface area contributed by atoms with Gasteiger partial charge in [-0.3, -0.25) is 9.69 Å². The second-order valence-corrected chi connectivity index (χ2v) is 7.87. The molecular weight excluding hydrogens is 372 g/mol. The molecule has 2 aromatic rings. The normalized spacial score (nSPS) is 20.8. The monoisotopic (exact) mass is 399 g/mol. The second-order valence-electron chi connectivity index (χ2n) is 7.87. The highest BCUT2D eigenvalue weighted by atomic mass is 19.1. The third-order valence-corrected chi connectivity index (χ3v) is 5.97. The van der Waals surface area contributed by atoms with E-state index >= 15 is 0 Å². The maximum absolute atomic E-state index is 13.5. The molecule has 6 heteroatoms. The lowest BCUT2D eigenvalue weighted by molar-refractivity contribution is -0.136. The number of nitrogens with one attached hydrogen (secondary N) is 1. The van der Waals surface area contributed by atoms with E-state index in [0.29, 0.717) is 13.1 Å². The number of hydrogen-bond acceptors (Lipinski definition) is 3. The second kappa shape index (κ2) is 9.01. The number of piperidine rings is 1. The highest BCUT2D eigenvalue weighted by Gasteiger charge is 2.31. The van der Waals surface area contributed by atoms with Gasteiger partial charge in [0.25, 0.3) is 0 Å². The number of nitrogens with zero attached hydrogens (tertiary/aromatic N) is 2. The molecule has 1 amide bonds. The van der Waals surface area contributed by atoms with Crippen molar-refractivity contribution in [2.24, 2.45) is 0 Å². The molecule has 4 rings (SSSR count). The number of carbonyl (C=O) groups excluding carboxylic acids is 1. The molecule has 0 spiro atoms. The standard InChI is InChI=1S/C23H27F2N3O/c24-19-8-4-17(5-9-19)22(18-6-10-20(25)11-7-18)27-13-15-28(16-14-27)23(29)21-3-1-2-12-26-21/h4-11,21-22,26H,1-3,12-16H2/t21-/m0/s1. The quantitative estimate of drug-likeness (QED) is 0.857. The van der Waals surface area contributed by atoms with E-state index in [2.05, 4.69) is 10.2 Å². The largest absolute Gasteiger partial charge is 0.339 e. The van der Waals surface area contributed by atoms with Gasteiger partial charge in [-0.2, -0.15) is 0 Å². The van der Waals surface area contributed by atoms with Gasteiger partial charge in [-0.1, -0.05) is 30.7 Å². The fraction of sp³-hybridized carbons (Fsp3) is 0.435. The molecule has 1 N–H and O–H groups in total. The average molecular weight is 399 g/mol. The lowest BCUT2D eigenvalue weighted by Crippen LogP contribution is -2.55. The summed E-state index contributed by atoms with van der Waals surface area (Å²) < 4.78 is 26.9. The molecule has 2 aliphatic heterocycles. The molecule has 0 unspecified atom stereocenters. The van der Waals surface area contributed by atoms with Crippen LogP contribution in [0.4, 0.5) is 8.78 Å². The lowest BCUT2D eigenvalue weighted by atomic mass is 9.96. The van der Waals surface area contributed by atoms with Crippen LogP contribution in [0.3, 0.4) is 0 Å². The van der Waals surface area contributed by atoms with Crippen LogP contribution in [0.2, 0.25) is 0 Å². The molecule has 2 fully saturated rings. The van der Waals surface area contributed by atoms with E-state index in [4.69, 9.17) is 0 Å². The summed E-state index contributed by atoms with van der Waals surface area (Å²) in [6.45, 7) is 3.68. The molecule has 4 nitrogen and oxygen atoms in total. The number of halogens is 2. The zero-order chi connectivity index (χ0) is 20.2. The Balaban J connectivity index is 1.49. The zero-order valence-electron chi connectivity index (χ0n) is 16.5. The van der Waals surface area contributed by atoms with Gasteiger partial charge in [0.15, 0.2) is 0 Å². The van der Waals surface area contributed by atoms with Crippen LogP contribution in [-0.2, 0) is 4.79 Å². The number of benzene rings is 2. The fourth-order valence-corrected chi connectivity index (χ4v) is 4.39. The Morgan fingerprint density at radius 1 is 0.862 bits per heavy atom. The van der Waals surface area contributed by atoms with E-state index in [9.17, 15) is 13.6 Å². The van der Waals surface area contributed by atoms with Crippen LogP contribution in [0.15, 0.2) is 48.5 Å². The van der Waals surface area contributed by atoms with E-state index in [1.54, 1.807) is 24.3 Å². The van der Waals surface area contributed by atoms with Gasteiger partial charge in [0.1, 0.15) is 11.6 Å². The van der Waals surface area contributed by atoms with E-state index in [-0.39, 0.29) is 29.6 Å². The van der Waals surface area contributed by atoms with E-state index < -0.39 is 0 Å². The van der Waals surface area contributed by atoms with Crippen molar-refractivity contribution in [2.45, 2.75) is 31.3 Å². The number of hydrogen-bond donors (Lipinski definition) is 1. The maximum Gasteiger partial charge on any atom is 0.239 e. The van der Waals surface area contributed by atoms with Crippen LogP contribution in [-0.4, -0.2) is 54.5 Å². The van der Waals surface area contributed by atoms with E-state index in [1.807, 2.05) is 4.90 Å². The average Bonchev–Trinajstić information content (AvgIpc) is 2.77. The third kappa shape index (κ3) is 4.65. The topological polar surface area (TPSA) is 35.6 Å². The Hall–Kier alpha value is -2.31. The number of carbonyl (C=O) groups is 1. The van der Waals surface area contributed by atoms with Crippen LogP contribution in [0.1, 0.15) is 36.4 Å². The van der Waals surface area contributed by atoms with E-state index in [0.717, 1.165) is 50.0 Å². The smallest absolute Gasteiger partial charge is 0.239 e. The molecule has 2 heterocycles. The van der Waals surface area contributed by atoms with Crippen molar-refractivity contribution < 1.29 is 13.6 Å². The van der Waals surface area contributed by atoms with Gasteiger partial charge in [0.05, 0.1) is 12.1 Å². The predicted octanol–water partition coefficient (Wildman–Crippen LogP) is 3.34. The zero-order valence-corrected chi connectivity index (χ0v) is 16.5. The van der Waals surface area contributed by atoms with Crippen LogP contribution in [0.5, 0.6) is 0 Å². The highest BCUT2D eigenvalue weighted by Crippen LogP contribution is 2.30. The molecule has 2 aliphatic rings. The van der Waals surface area contributed by atoms with Gasteiger partial charge in [0.2, 0.25) is 5.91 Å². The van der Waals surface area contributed by atoms with Crippen LogP contribution >= 0.6 is 0 Å². The first-order valence-electron chi connectivity index (χ1n) is 10.4. The minimum atomic E-state index is -0.276. The molecule has 0 saturated carbocycles. The SMILES string of the molecule is O=C([C@@H]1CCCCN1)N1CCN(C(c2ccc(F)cc2)c2ccc(F)cc2)CC1. The minimum absolute atomic E-state index is 0.0553. The first-order valence-corrected chi connectivity index (χ1v) is 10.4. The molecule has 154 valence electrons. The fourth-order valence-electron chi connectivity index (χ4n) is 4.39. The van der Waals surface area contributed by atoms with Gasteiger partial charge in [-0.05, 0) is 54.8 Å². The molecule has 2 saturated heterocycles. The molecule has 0 bridgehead atoms. The summed E-state index contributed by atoms with van der Waals surface area (Å²) in [5.41, 5.74) is 1.93. The number of amides is 1. The minimum Gasteiger partial charge on any atom is -0.339 e. The Bertz CT molecular complexity index is 766. The molecule has 2 aromatic carbocycles. The summed E-state index contributed by atoms with van der Waals surface area (Å²) in [6, 6.07) is 12.8. The molecule has 29 heavy (non-hydrogen) atoms. The first-order chi connectivity index (χ1) is 14.1. The summed E-state index contributed by atoms with van der Waals surface area (Å²) >= 11 is 0. The van der Waals surface area contributed by atoms with Gasteiger partial charge < -0.3 is 10.2 Å². The molecule has 0 aromatic heterocycles. The summed E-state index contributed by atoms with van der Waals surface area (Å²) in [5.74, 6) is -0.353. The van der Waals surface area contributed by atoms with Gasteiger partial charge in [-0.15, -0.1) is 0 Å². The Labute approximate surface area is 170 Å². The van der Waals surface area contributed by atoms with Crippen LogP contribution < -0.4 is 5.32 Å². The Morgan fingerprint density at radius 2 is 1.41 bits per heavy atom. The summed E-state index contributed by atoms with van der Waals surface area (Å²) in [7, 11) is 0. The van der Waals surface area contributed by atoms with Crippen molar-refractivity contribution in [3.63, 3.8) is 0 Å². The van der Waals surface area contributed by atoms with Gasteiger partial charge >= 0.3 is 0 Å². The molecule has 0 aliphatic carbocycles. The van der Waals surface area contributed by atoms with Crippen molar-refractivity contribution >= 4 is 5.91 Å². The van der Waals surface area contributed by atoms with E-state index in [1.165, 1.54) is 24.3 Å². The number of piperazine rings is 1. The maximum atomic E-state index is 13.5. The molecule has 1 atom stereocenters. The van der Waals surface area contributed by atoms with Gasteiger partial charge in [-0.25, -0.2) is 8.78 Å². The first kappa shape index (κ1) is 20.0. The van der Waals surface area contributed by atoms with Crippen LogP contribution in [0, 0.1) is 11.6 Å². The summed E-state index contributed by atoms with van der Waals surface area (Å²) in [5, 5.41) is 3.34. The third-order valence-electron chi connectivity index (χ3n) is 5.97. The summed E-state index contributed by atoms with van der Waals surface area (Å²) in [6.07, 6.45) is 3.14.